The second-order valence-corrected chi connectivity index (χ2v) is 3.38. The first-order chi connectivity index (χ1) is 7.13. The Kier molecular flexibility index (Phi) is 4.03. The second kappa shape index (κ2) is 5.29. The third-order valence-corrected chi connectivity index (χ3v) is 2.00. The summed E-state index contributed by atoms with van der Waals surface area (Å²) in [6.07, 6.45) is 1.38. The third-order valence-electron chi connectivity index (χ3n) is 2.00. The summed E-state index contributed by atoms with van der Waals surface area (Å²) in [6, 6.07) is 2.93. The number of carboxylic acids is 1. The van der Waals surface area contributed by atoms with Crippen molar-refractivity contribution in [2.45, 2.75) is 32.7 Å². The lowest BCUT2D eigenvalue weighted by atomic mass is 10.2. The molecule has 1 aromatic rings. The fraction of sp³-hybridized carbons (Fsp3) is 0.500. The maximum atomic E-state index is 10.9. The number of hydrogen-bond acceptors (Lipinski definition) is 4. The monoisotopic (exact) mass is 209 g/mol. The number of rotatable bonds is 5. The molecule has 1 aromatic heterocycles. The first-order valence-electron chi connectivity index (χ1n) is 4.93. The standard InChI is InChI=1S/C10H15N3O2/c1-3-4-8(10(14)15)11-9-6-5-7(2)12-13-9/h5-6,8H,3-4H2,1-2H3,(H,11,13)(H,14,15). The van der Waals surface area contributed by atoms with E-state index in [4.69, 9.17) is 5.11 Å². The Morgan fingerprint density at radius 2 is 2.27 bits per heavy atom. The summed E-state index contributed by atoms with van der Waals surface area (Å²) in [5.41, 5.74) is 0.808. The van der Waals surface area contributed by atoms with Gasteiger partial charge in [0.25, 0.3) is 0 Å². The van der Waals surface area contributed by atoms with E-state index in [2.05, 4.69) is 15.5 Å². The van der Waals surface area contributed by atoms with E-state index in [1.54, 1.807) is 12.1 Å². The average Bonchev–Trinajstić information content (AvgIpc) is 2.20. The smallest absolute Gasteiger partial charge is 0.326 e. The molecule has 2 N–H and O–H groups in total. The summed E-state index contributed by atoms with van der Waals surface area (Å²) >= 11 is 0. The molecular weight excluding hydrogens is 194 g/mol. The highest BCUT2D eigenvalue weighted by molar-refractivity contribution is 5.76. The number of anilines is 1. The molecule has 0 fully saturated rings. The molecule has 0 aliphatic rings. The van der Waals surface area contributed by atoms with Crippen LogP contribution in [0, 0.1) is 6.92 Å². The molecule has 0 saturated carbocycles. The van der Waals surface area contributed by atoms with E-state index in [1.807, 2.05) is 13.8 Å². The van der Waals surface area contributed by atoms with E-state index in [1.165, 1.54) is 0 Å². The lowest BCUT2D eigenvalue weighted by Crippen LogP contribution is -2.29. The highest BCUT2D eigenvalue weighted by Crippen LogP contribution is 2.07. The van der Waals surface area contributed by atoms with E-state index >= 15 is 0 Å². The van der Waals surface area contributed by atoms with E-state index in [-0.39, 0.29) is 0 Å². The largest absolute Gasteiger partial charge is 0.480 e. The topological polar surface area (TPSA) is 75.1 Å². The third kappa shape index (κ3) is 3.53. The number of nitrogens with one attached hydrogen (secondary N) is 1. The van der Waals surface area contributed by atoms with Crippen molar-refractivity contribution in [2.24, 2.45) is 0 Å². The molecule has 1 atom stereocenters. The van der Waals surface area contributed by atoms with Crippen molar-refractivity contribution in [1.82, 2.24) is 10.2 Å². The summed E-state index contributed by atoms with van der Waals surface area (Å²) in [5, 5.41) is 19.4. The highest BCUT2D eigenvalue weighted by atomic mass is 16.4. The Labute approximate surface area is 88.5 Å². The second-order valence-electron chi connectivity index (χ2n) is 3.38. The highest BCUT2D eigenvalue weighted by Gasteiger charge is 2.16. The Bertz CT molecular complexity index is 324. The van der Waals surface area contributed by atoms with Crippen LogP contribution in [-0.4, -0.2) is 27.3 Å². The fourth-order valence-electron chi connectivity index (χ4n) is 1.20. The molecule has 0 spiro atoms. The van der Waals surface area contributed by atoms with Crippen LogP contribution in [0.1, 0.15) is 25.5 Å². The van der Waals surface area contributed by atoms with Crippen LogP contribution in [0.3, 0.4) is 0 Å². The molecule has 0 aliphatic carbocycles. The number of aryl methyl sites for hydroxylation is 1. The van der Waals surface area contributed by atoms with Crippen LogP contribution in [0.5, 0.6) is 0 Å². The van der Waals surface area contributed by atoms with Gasteiger partial charge in [0.2, 0.25) is 0 Å². The molecule has 0 aliphatic heterocycles. The van der Waals surface area contributed by atoms with Gasteiger partial charge in [0.05, 0.1) is 5.69 Å². The minimum Gasteiger partial charge on any atom is -0.480 e. The van der Waals surface area contributed by atoms with Crippen LogP contribution in [0.15, 0.2) is 12.1 Å². The Balaban J connectivity index is 2.65. The van der Waals surface area contributed by atoms with Gasteiger partial charge in [-0.3, -0.25) is 0 Å². The molecule has 1 heterocycles. The van der Waals surface area contributed by atoms with Crippen molar-refractivity contribution in [3.8, 4) is 0 Å². The molecule has 5 nitrogen and oxygen atoms in total. The van der Waals surface area contributed by atoms with Crippen molar-refractivity contribution >= 4 is 11.8 Å². The van der Waals surface area contributed by atoms with Gasteiger partial charge in [-0.15, -0.1) is 5.10 Å². The van der Waals surface area contributed by atoms with Crippen molar-refractivity contribution in [2.75, 3.05) is 5.32 Å². The van der Waals surface area contributed by atoms with Crippen molar-refractivity contribution < 1.29 is 9.90 Å². The zero-order valence-electron chi connectivity index (χ0n) is 8.90. The van der Waals surface area contributed by atoms with Crippen LogP contribution >= 0.6 is 0 Å². The predicted octanol–water partition coefficient (Wildman–Crippen LogP) is 1.45. The normalized spacial score (nSPS) is 12.1. The maximum Gasteiger partial charge on any atom is 0.326 e. The summed E-state index contributed by atoms with van der Waals surface area (Å²) < 4.78 is 0. The van der Waals surface area contributed by atoms with Gasteiger partial charge < -0.3 is 10.4 Å². The molecular formula is C10H15N3O2. The molecule has 1 rings (SSSR count). The molecule has 1 unspecified atom stereocenters. The van der Waals surface area contributed by atoms with Gasteiger partial charge in [-0.25, -0.2) is 4.79 Å². The molecule has 0 radical (unpaired) electrons. The predicted molar refractivity (Wildman–Crippen MR) is 56.7 cm³/mol. The Morgan fingerprint density at radius 1 is 1.53 bits per heavy atom. The number of aliphatic carboxylic acids is 1. The molecule has 5 heteroatoms. The summed E-state index contributed by atoms with van der Waals surface area (Å²) in [6.45, 7) is 3.77. The molecule has 0 bridgehead atoms. The van der Waals surface area contributed by atoms with Gasteiger partial charge in [0.15, 0.2) is 0 Å². The molecule has 15 heavy (non-hydrogen) atoms. The number of aromatic nitrogens is 2. The molecule has 0 aromatic carbocycles. The van der Waals surface area contributed by atoms with E-state index in [9.17, 15) is 4.79 Å². The van der Waals surface area contributed by atoms with E-state index in [0.29, 0.717) is 12.2 Å². The first-order valence-corrected chi connectivity index (χ1v) is 4.93. The summed E-state index contributed by atoms with van der Waals surface area (Å²) in [5.74, 6) is -0.360. The zero-order valence-corrected chi connectivity index (χ0v) is 8.90. The van der Waals surface area contributed by atoms with Gasteiger partial charge in [-0.05, 0) is 25.5 Å². The molecule has 0 saturated heterocycles. The fourth-order valence-corrected chi connectivity index (χ4v) is 1.20. The van der Waals surface area contributed by atoms with Crippen LogP contribution in [-0.2, 0) is 4.79 Å². The van der Waals surface area contributed by atoms with Gasteiger partial charge in [-0.1, -0.05) is 13.3 Å². The number of carbonyl (C=O) groups is 1. The van der Waals surface area contributed by atoms with Crippen LogP contribution in [0.4, 0.5) is 5.82 Å². The molecule has 82 valence electrons. The van der Waals surface area contributed by atoms with Crippen LogP contribution < -0.4 is 5.32 Å². The van der Waals surface area contributed by atoms with Crippen molar-refractivity contribution in [3.05, 3.63) is 17.8 Å². The first kappa shape index (κ1) is 11.4. The van der Waals surface area contributed by atoms with Crippen LogP contribution in [0.2, 0.25) is 0 Å². The number of nitrogens with zero attached hydrogens (tertiary/aromatic N) is 2. The lowest BCUT2D eigenvalue weighted by molar-refractivity contribution is -0.138. The number of carboxylic acid groups (broad SMARTS) is 1. The van der Waals surface area contributed by atoms with Crippen LogP contribution in [0.25, 0.3) is 0 Å². The average molecular weight is 209 g/mol. The van der Waals surface area contributed by atoms with Gasteiger partial charge in [0, 0.05) is 0 Å². The summed E-state index contributed by atoms with van der Waals surface area (Å²) in [7, 11) is 0. The SMILES string of the molecule is CCCC(Nc1ccc(C)nn1)C(=O)O. The Morgan fingerprint density at radius 3 is 2.73 bits per heavy atom. The van der Waals surface area contributed by atoms with E-state index < -0.39 is 12.0 Å². The Hall–Kier alpha value is -1.65. The molecule has 0 amide bonds. The maximum absolute atomic E-state index is 10.9. The summed E-state index contributed by atoms with van der Waals surface area (Å²) in [4.78, 5) is 10.9. The van der Waals surface area contributed by atoms with Gasteiger partial charge in [0.1, 0.15) is 11.9 Å². The zero-order chi connectivity index (χ0) is 11.3. The van der Waals surface area contributed by atoms with Crippen molar-refractivity contribution in [3.63, 3.8) is 0 Å². The number of hydrogen-bond donors (Lipinski definition) is 2. The minimum atomic E-state index is -0.862. The van der Waals surface area contributed by atoms with Gasteiger partial charge in [-0.2, -0.15) is 5.10 Å². The van der Waals surface area contributed by atoms with E-state index in [0.717, 1.165) is 12.1 Å². The quantitative estimate of drug-likeness (QED) is 0.767. The lowest BCUT2D eigenvalue weighted by Gasteiger charge is -2.13. The van der Waals surface area contributed by atoms with Gasteiger partial charge >= 0.3 is 5.97 Å². The van der Waals surface area contributed by atoms with Crippen molar-refractivity contribution in [1.29, 1.82) is 0 Å². The minimum absolute atomic E-state index is 0.501.